The molecular weight excluding hydrogens is 244 g/mol. The Labute approximate surface area is 97.6 Å². The van der Waals surface area contributed by atoms with Gasteiger partial charge in [-0.1, -0.05) is 0 Å². The van der Waals surface area contributed by atoms with Crippen LogP contribution < -0.4 is 4.72 Å². The first kappa shape index (κ1) is 11.6. The van der Waals surface area contributed by atoms with Crippen molar-refractivity contribution in [2.24, 2.45) is 0 Å². The van der Waals surface area contributed by atoms with Crippen molar-refractivity contribution in [1.29, 1.82) is 0 Å². The zero-order valence-corrected chi connectivity index (χ0v) is 9.48. The molecule has 0 aliphatic heterocycles. The highest BCUT2D eigenvalue weighted by atomic mass is 32.2. The number of phenols is 1. The molecule has 0 saturated carbocycles. The number of benzene rings is 1. The largest absolute Gasteiger partial charge is 0.508 e. The van der Waals surface area contributed by atoms with Gasteiger partial charge in [0.1, 0.15) is 17.9 Å². The van der Waals surface area contributed by atoms with Crippen molar-refractivity contribution >= 4 is 10.0 Å². The third-order valence-electron chi connectivity index (χ3n) is 2.04. The lowest BCUT2D eigenvalue weighted by Gasteiger charge is -2.04. The SMILES string of the molecule is O=S(=O)(NCc1ncn[nH]1)c1ccc(O)cc1. The maximum absolute atomic E-state index is 11.8. The summed E-state index contributed by atoms with van der Waals surface area (Å²) in [4.78, 5) is 3.87. The topological polar surface area (TPSA) is 108 Å². The summed E-state index contributed by atoms with van der Waals surface area (Å²) in [7, 11) is -3.60. The Kier molecular flexibility index (Phi) is 3.07. The molecule has 0 unspecified atom stereocenters. The molecule has 2 aromatic rings. The van der Waals surface area contributed by atoms with Gasteiger partial charge in [0.05, 0.1) is 11.4 Å². The van der Waals surface area contributed by atoms with Gasteiger partial charge in [0.15, 0.2) is 0 Å². The molecule has 0 saturated heterocycles. The highest BCUT2D eigenvalue weighted by Crippen LogP contribution is 2.14. The number of H-pyrrole nitrogens is 1. The zero-order valence-electron chi connectivity index (χ0n) is 8.66. The van der Waals surface area contributed by atoms with Crippen LogP contribution in [0.5, 0.6) is 5.75 Å². The second kappa shape index (κ2) is 4.52. The average molecular weight is 254 g/mol. The smallest absolute Gasteiger partial charge is 0.240 e. The summed E-state index contributed by atoms with van der Waals surface area (Å²) in [5, 5.41) is 15.2. The summed E-state index contributed by atoms with van der Waals surface area (Å²) in [6.07, 6.45) is 1.30. The molecule has 0 radical (unpaired) electrons. The molecule has 3 N–H and O–H groups in total. The second-order valence-electron chi connectivity index (χ2n) is 3.25. The Morgan fingerprint density at radius 3 is 2.59 bits per heavy atom. The third-order valence-corrected chi connectivity index (χ3v) is 3.46. The van der Waals surface area contributed by atoms with Crippen molar-refractivity contribution in [2.75, 3.05) is 0 Å². The molecule has 90 valence electrons. The molecule has 1 aromatic heterocycles. The molecule has 0 amide bonds. The lowest BCUT2D eigenvalue weighted by molar-refractivity contribution is 0.474. The van der Waals surface area contributed by atoms with Crippen LogP contribution in [0.3, 0.4) is 0 Å². The number of phenolic OH excluding ortho intramolecular Hbond substituents is 1. The van der Waals surface area contributed by atoms with E-state index in [0.29, 0.717) is 5.82 Å². The monoisotopic (exact) mass is 254 g/mol. The van der Waals surface area contributed by atoms with Crippen molar-refractivity contribution in [2.45, 2.75) is 11.4 Å². The van der Waals surface area contributed by atoms with E-state index < -0.39 is 10.0 Å². The maximum Gasteiger partial charge on any atom is 0.240 e. The Morgan fingerprint density at radius 2 is 2.00 bits per heavy atom. The first-order valence-corrected chi connectivity index (χ1v) is 6.19. The first-order valence-electron chi connectivity index (χ1n) is 4.71. The van der Waals surface area contributed by atoms with Crippen LogP contribution in [-0.4, -0.2) is 28.7 Å². The number of aromatic amines is 1. The number of rotatable bonds is 4. The van der Waals surface area contributed by atoms with Crippen molar-refractivity contribution in [3.05, 3.63) is 36.4 Å². The minimum Gasteiger partial charge on any atom is -0.508 e. The van der Waals surface area contributed by atoms with Crippen LogP contribution >= 0.6 is 0 Å². The highest BCUT2D eigenvalue weighted by molar-refractivity contribution is 7.89. The standard InChI is InChI=1S/C9H10N4O3S/c14-7-1-3-8(4-2-7)17(15,16)12-5-9-10-6-11-13-9/h1-4,6,12,14H,5H2,(H,10,11,13). The summed E-state index contributed by atoms with van der Waals surface area (Å²) in [5.41, 5.74) is 0. The van der Waals surface area contributed by atoms with Crippen molar-refractivity contribution < 1.29 is 13.5 Å². The molecule has 1 heterocycles. The van der Waals surface area contributed by atoms with E-state index in [-0.39, 0.29) is 17.2 Å². The van der Waals surface area contributed by atoms with E-state index in [2.05, 4.69) is 19.9 Å². The van der Waals surface area contributed by atoms with Gasteiger partial charge in [-0.15, -0.1) is 0 Å². The van der Waals surface area contributed by atoms with E-state index >= 15 is 0 Å². The summed E-state index contributed by atoms with van der Waals surface area (Å²) in [5.74, 6) is 0.437. The predicted octanol–water partition coefficient (Wildman–Crippen LogP) is -0.0112. The number of aromatic nitrogens is 3. The molecule has 0 fully saturated rings. The highest BCUT2D eigenvalue weighted by Gasteiger charge is 2.13. The fourth-order valence-corrected chi connectivity index (χ4v) is 2.18. The predicted molar refractivity (Wildman–Crippen MR) is 58.5 cm³/mol. The average Bonchev–Trinajstić information content (AvgIpc) is 2.80. The Hall–Kier alpha value is -1.93. The lowest BCUT2D eigenvalue weighted by Crippen LogP contribution is -2.23. The van der Waals surface area contributed by atoms with Gasteiger partial charge >= 0.3 is 0 Å². The van der Waals surface area contributed by atoms with Gasteiger partial charge in [-0.3, -0.25) is 5.10 Å². The molecule has 0 atom stereocenters. The molecule has 1 aromatic carbocycles. The normalized spacial score (nSPS) is 11.5. The second-order valence-corrected chi connectivity index (χ2v) is 5.02. The van der Waals surface area contributed by atoms with Crippen LogP contribution in [0.15, 0.2) is 35.5 Å². The van der Waals surface area contributed by atoms with Gasteiger partial charge in [-0.25, -0.2) is 18.1 Å². The van der Waals surface area contributed by atoms with Crippen molar-refractivity contribution in [1.82, 2.24) is 19.9 Å². The van der Waals surface area contributed by atoms with Gasteiger partial charge in [0.2, 0.25) is 10.0 Å². The van der Waals surface area contributed by atoms with E-state index in [4.69, 9.17) is 5.11 Å². The van der Waals surface area contributed by atoms with E-state index in [1.807, 2.05) is 0 Å². The molecule has 0 bridgehead atoms. The molecular formula is C9H10N4O3S. The Bertz CT molecular complexity index is 577. The number of hydrogen-bond acceptors (Lipinski definition) is 5. The fraction of sp³-hybridized carbons (Fsp3) is 0.111. The van der Waals surface area contributed by atoms with Crippen molar-refractivity contribution in [3.8, 4) is 5.75 Å². The molecule has 0 aliphatic rings. The Morgan fingerprint density at radius 1 is 1.29 bits per heavy atom. The van der Waals surface area contributed by atoms with E-state index in [1.165, 1.54) is 30.6 Å². The van der Waals surface area contributed by atoms with Crippen LogP contribution in [0.1, 0.15) is 5.82 Å². The van der Waals surface area contributed by atoms with Gasteiger partial charge in [-0.05, 0) is 24.3 Å². The molecule has 0 aliphatic carbocycles. The molecule has 8 heteroatoms. The van der Waals surface area contributed by atoms with Gasteiger partial charge < -0.3 is 5.11 Å². The van der Waals surface area contributed by atoms with Crippen LogP contribution in [0, 0.1) is 0 Å². The number of nitrogens with one attached hydrogen (secondary N) is 2. The zero-order chi connectivity index (χ0) is 12.3. The van der Waals surface area contributed by atoms with E-state index in [1.54, 1.807) is 0 Å². The van der Waals surface area contributed by atoms with Crippen LogP contribution in [0.4, 0.5) is 0 Å². The Balaban J connectivity index is 2.11. The van der Waals surface area contributed by atoms with Gasteiger partial charge in [0, 0.05) is 0 Å². The minimum absolute atomic E-state index is 0.0131. The number of sulfonamides is 1. The number of aromatic hydroxyl groups is 1. The summed E-state index contributed by atoms with van der Waals surface area (Å²) >= 11 is 0. The van der Waals surface area contributed by atoms with Gasteiger partial charge in [-0.2, -0.15) is 5.10 Å². The van der Waals surface area contributed by atoms with Crippen molar-refractivity contribution in [3.63, 3.8) is 0 Å². The summed E-state index contributed by atoms with van der Waals surface area (Å²) < 4.78 is 25.9. The molecule has 7 nitrogen and oxygen atoms in total. The molecule has 0 spiro atoms. The van der Waals surface area contributed by atoms with Crippen LogP contribution in [0.25, 0.3) is 0 Å². The number of nitrogens with zero attached hydrogens (tertiary/aromatic N) is 2. The lowest BCUT2D eigenvalue weighted by atomic mass is 10.3. The van der Waals surface area contributed by atoms with Gasteiger partial charge in [0.25, 0.3) is 0 Å². The molecule has 2 rings (SSSR count). The van der Waals surface area contributed by atoms with E-state index in [0.717, 1.165) is 0 Å². The van der Waals surface area contributed by atoms with Crippen LogP contribution in [0.2, 0.25) is 0 Å². The minimum atomic E-state index is -3.60. The maximum atomic E-state index is 11.8. The number of hydrogen-bond donors (Lipinski definition) is 3. The third kappa shape index (κ3) is 2.80. The van der Waals surface area contributed by atoms with E-state index in [9.17, 15) is 8.42 Å². The first-order chi connectivity index (χ1) is 8.08. The quantitative estimate of drug-likeness (QED) is 0.711. The fourth-order valence-electron chi connectivity index (χ4n) is 1.19. The molecule has 17 heavy (non-hydrogen) atoms. The summed E-state index contributed by atoms with van der Waals surface area (Å²) in [6.45, 7) is 0.0310. The summed E-state index contributed by atoms with van der Waals surface area (Å²) in [6, 6.07) is 5.25. The van der Waals surface area contributed by atoms with Crippen LogP contribution in [-0.2, 0) is 16.6 Å².